The van der Waals surface area contributed by atoms with Crippen molar-refractivity contribution in [3.05, 3.63) is 119 Å². The quantitative estimate of drug-likeness (QED) is 0.303. The molecule has 0 aliphatic heterocycles. The van der Waals surface area contributed by atoms with E-state index in [1.54, 1.807) is 12.4 Å². The smallest absolute Gasteiger partial charge is 0.251 e. The highest BCUT2D eigenvalue weighted by atomic mass is 16.1. The number of carbonyl (C=O) groups excluding carboxylic acids is 1. The van der Waals surface area contributed by atoms with Crippen molar-refractivity contribution in [1.82, 2.24) is 19.9 Å². The lowest BCUT2D eigenvalue weighted by Crippen LogP contribution is -2.27. The van der Waals surface area contributed by atoms with Gasteiger partial charge in [0.1, 0.15) is 0 Å². The molecule has 1 atom stereocenters. The standard InChI is InChI=1S/C31H30N4O/c1-20-17-32-18-29(33-20)22(3)34-31(36)27-14-15-30-28(16-27)21(2)23(4)35(30)19-24-10-12-26(13-11-24)25-8-6-5-7-9-25/h5-18,22H,19H2,1-4H3,(H,34,36)/t22-/m0/s1. The van der Waals surface area contributed by atoms with Crippen LogP contribution in [0.3, 0.4) is 0 Å². The monoisotopic (exact) mass is 474 g/mol. The first-order chi connectivity index (χ1) is 17.4. The molecule has 0 saturated heterocycles. The van der Waals surface area contributed by atoms with Crippen LogP contribution >= 0.6 is 0 Å². The largest absolute Gasteiger partial charge is 0.344 e. The molecule has 0 bridgehead atoms. The maximum Gasteiger partial charge on any atom is 0.251 e. The molecule has 0 aliphatic carbocycles. The third kappa shape index (κ3) is 4.65. The van der Waals surface area contributed by atoms with Gasteiger partial charge in [-0.05, 0) is 68.1 Å². The lowest BCUT2D eigenvalue weighted by Gasteiger charge is -2.14. The molecule has 5 aromatic rings. The third-order valence-electron chi connectivity index (χ3n) is 6.87. The van der Waals surface area contributed by atoms with Gasteiger partial charge in [0.25, 0.3) is 5.91 Å². The number of carbonyl (C=O) groups is 1. The van der Waals surface area contributed by atoms with Gasteiger partial charge in [-0.25, -0.2) is 0 Å². The fraction of sp³-hybridized carbons (Fsp3) is 0.194. The number of hydrogen-bond donors (Lipinski definition) is 1. The fourth-order valence-corrected chi connectivity index (χ4v) is 4.66. The molecule has 5 rings (SSSR count). The predicted molar refractivity (Wildman–Crippen MR) is 145 cm³/mol. The van der Waals surface area contributed by atoms with E-state index in [1.807, 2.05) is 32.0 Å². The number of fused-ring (bicyclic) bond motifs is 1. The summed E-state index contributed by atoms with van der Waals surface area (Å²) in [4.78, 5) is 21.7. The Bertz CT molecular complexity index is 1530. The van der Waals surface area contributed by atoms with E-state index in [4.69, 9.17) is 0 Å². The molecule has 0 aliphatic rings. The molecule has 36 heavy (non-hydrogen) atoms. The third-order valence-corrected chi connectivity index (χ3v) is 6.87. The molecule has 3 aromatic carbocycles. The average Bonchev–Trinajstić information content (AvgIpc) is 3.14. The first-order valence-corrected chi connectivity index (χ1v) is 12.2. The molecule has 0 unspecified atom stereocenters. The first-order valence-electron chi connectivity index (χ1n) is 12.2. The van der Waals surface area contributed by atoms with Gasteiger partial charge in [-0.3, -0.25) is 14.8 Å². The second-order valence-electron chi connectivity index (χ2n) is 9.37. The van der Waals surface area contributed by atoms with Gasteiger partial charge in [-0.15, -0.1) is 0 Å². The van der Waals surface area contributed by atoms with Crippen LogP contribution in [0.1, 0.15) is 51.5 Å². The summed E-state index contributed by atoms with van der Waals surface area (Å²) in [5, 5.41) is 4.16. The van der Waals surface area contributed by atoms with Crippen molar-refractivity contribution in [2.45, 2.75) is 40.3 Å². The normalized spacial score (nSPS) is 12.0. The molecule has 1 amide bonds. The van der Waals surface area contributed by atoms with Gasteiger partial charge in [-0.1, -0.05) is 54.6 Å². The maximum atomic E-state index is 13.0. The molecular weight excluding hydrogens is 444 g/mol. The summed E-state index contributed by atoms with van der Waals surface area (Å²) in [6, 6.07) is 24.9. The van der Waals surface area contributed by atoms with E-state index in [0.29, 0.717) is 5.56 Å². The number of rotatable bonds is 6. The Labute approximate surface area is 211 Å². The molecule has 2 heterocycles. The van der Waals surface area contributed by atoms with Crippen molar-refractivity contribution in [1.29, 1.82) is 0 Å². The van der Waals surface area contributed by atoms with E-state index in [9.17, 15) is 4.79 Å². The number of amides is 1. The molecular formula is C31H30N4O. The second-order valence-corrected chi connectivity index (χ2v) is 9.37. The summed E-state index contributed by atoms with van der Waals surface area (Å²) in [5.74, 6) is -0.117. The van der Waals surface area contributed by atoms with Gasteiger partial charge in [0, 0.05) is 34.9 Å². The SMILES string of the molecule is Cc1cncc([C@H](C)NC(=O)c2ccc3c(c2)c(C)c(C)n3Cc2ccc(-c3ccccc3)cc2)n1. The van der Waals surface area contributed by atoms with Crippen molar-refractivity contribution in [3.63, 3.8) is 0 Å². The first kappa shape index (κ1) is 23.5. The highest BCUT2D eigenvalue weighted by Crippen LogP contribution is 2.28. The highest BCUT2D eigenvalue weighted by Gasteiger charge is 2.17. The minimum atomic E-state index is -0.230. The Hall–Kier alpha value is -4.25. The van der Waals surface area contributed by atoms with Crippen molar-refractivity contribution in [2.24, 2.45) is 0 Å². The van der Waals surface area contributed by atoms with E-state index < -0.39 is 0 Å². The topological polar surface area (TPSA) is 59.8 Å². The van der Waals surface area contributed by atoms with Gasteiger partial charge < -0.3 is 9.88 Å². The highest BCUT2D eigenvalue weighted by molar-refractivity contribution is 5.99. The summed E-state index contributed by atoms with van der Waals surface area (Å²) in [6.07, 6.45) is 3.40. The molecule has 0 radical (unpaired) electrons. The summed E-state index contributed by atoms with van der Waals surface area (Å²) in [5.41, 5.74) is 9.43. The van der Waals surface area contributed by atoms with Crippen LogP contribution in [0.4, 0.5) is 0 Å². The lowest BCUT2D eigenvalue weighted by molar-refractivity contribution is 0.0939. The Morgan fingerprint density at radius 3 is 2.36 bits per heavy atom. The van der Waals surface area contributed by atoms with Crippen LogP contribution in [0.5, 0.6) is 0 Å². The van der Waals surface area contributed by atoms with E-state index in [0.717, 1.165) is 28.8 Å². The summed E-state index contributed by atoms with van der Waals surface area (Å²) >= 11 is 0. The van der Waals surface area contributed by atoms with Crippen LogP contribution in [-0.2, 0) is 6.54 Å². The lowest BCUT2D eigenvalue weighted by atomic mass is 10.0. The molecule has 5 nitrogen and oxygen atoms in total. The van der Waals surface area contributed by atoms with E-state index in [1.165, 1.54) is 27.9 Å². The maximum absolute atomic E-state index is 13.0. The Morgan fingerprint density at radius 1 is 0.917 bits per heavy atom. The van der Waals surface area contributed by atoms with Crippen LogP contribution in [0.25, 0.3) is 22.0 Å². The molecule has 180 valence electrons. The molecule has 2 aromatic heterocycles. The molecule has 0 saturated carbocycles. The zero-order valence-electron chi connectivity index (χ0n) is 21.1. The number of benzene rings is 3. The van der Waals surface area contributed by atoms with Gasteiger partial charge in [0.05, 0.1) is 23.6 Å². The molecule has 5 heteroatoms. The van der Waals surface area contributed by atoms with E-state index >= 15 is 0 Å². The number of aromatic nitrogens is 3. The molecule has 0 spiro atoms. The number of hydrogen-bond acceptors (Lipinski definition) is 3. The Kier molecular flexibility index (Phi) is 6.38. The summed E-state index contributed by atoms with van der Waals surface area (Å²) < 4.78 is 2.33. The Morgan fingerprint density at radius 2 is 1.64 bits per heavy atom. The number of aryl methyl sites for hydroxylation is 2. The average molecular weight is 475 g/mol. The van der Waals surface area contributed by atoms with E-state index in [2.05, 4.69) is 88.3 Å². The van der Waals surface area contributed by atoms with E-state index in [-0.39, 0.29) is 11.9 Å². The van der Waals surface area contributed by atoms with Crippen molar-refractivity contribution >= 4 is 16.8 Å². The molecule has 0 fully saturated rings. The van der Waals surface area contributed by atoms with Crippen LogP contribution in [0.15, 0.2) is 85.2 Å². The van der Waals surface area contributed by atoms with Crippen LogP contribution in [0.2, 0.25) is 0 Å². The van der Waals surface area contributed by atoms with Crippen molar-refractivity contribution in [2.75, 3.05) is 0 Å². The van der Waals surface area contributed by atoms with Gasteiger partial charge in [-0.2, -0.15) is 0 Å². The summed E-state index contributed by atoms with van der Waals surface area (Å²) in [6.45, 7) is 8.87. The van der Waals surface area contributed by atoms with Gasteiger partial charge in [0.2, 0.25) is 0 Å². The zero-order chi connectivity index (χ0) is 25.2. The Balaban J connectivity index is 1.38. The van der Waals surface area contributed by atoms with Crippen molar-refractivity contribution < 1.29 is 4.79 Å². The second kappa shape index (κ2) is 9.78. The fourth-order valence-electron chi connectivity index (χ4n) is 4.66. The number of nitrogens with one attached hydrogen (secondary N) is 1. The number of nitrogens with zero attached hydrogens (tertiary/aromatic N) is 3. The van der Waals surface area contributed by atoms with Crippen LogP contribution in [0, 0.1) is 20.8 Å². The predicted octanol–water partition coefficient (Wildman–Crippen LogP) is 6.56. The van der Waals surface area contributed by atoms with Crippen LogP contribution in [-0.4, -0.2) is 20.4 Å². The minimum Gasteiger partial charge on any atom is -0.344 e. The van der Waals surface area contributed by atoms with Crippen molar-refractivity contribution in [3.8, 4) is 11.1 Å². The van der Waals surface area contributed by atoms with Gasteiger partial charge >= 0.3 is 0 Å². The zero-order valence-corrected chi connectivity index (χ0v) is 21.1. The molecule has 1 N–H and O–H groups in total. The van der Waals surface area contributed by atoms with Gasteiger partial charge in [0.15, 0.2) is 0 Å². The summed E-state index contributed by atoms with van der Waals surface area (Å²) in [7, 11) is 0. The minimum absolute atomic E-state index is 0.117. The van der Waals surface area contributed by atoms with Crippen LogP contribution < -0.4 is 5.32 Å².